The molecule has 2 aliphatic heterocycles. The number of nitrogens with zero attached hydrogens (tertiary/aromatic N) is 2. The van der Waals surface area contributed by atoms with Crippen LogP contribution in [0, 0.1) is 18.3 Å². The van der Waals surface area contributed by atoms with Crippen LogP contribution in [0.3, 0.4) is 0 Å². The number of nitrogens with one attached hydrogen (secondary N) is 1. The maximum atomic E-state index is 17.1. The number of alkyl halides is 1. The molecule has 2 saturated carbocycles. The third-order valence-electron chi connectivity index (χ3n) is 10.6. The van der Waals surface area contributed by atoms with E-state index in [9.17, 15) is 10.2 Å². The lowest BCUT2D eigenvalue weighted by Gasteiger charge is -2.60. The Balaban J connectivity index is 1.30. The number of hydrogen-bond donors (Lipinski definition) is 3. The van der Waals surface area contributed by atoms with Gasteiger partial charge >= 0.3 is 0 Å². The van der Waals surface area contributed by atoms with Crippen molar-refractivity contribution in [2.24, 2.45) is 11.3 Å². The van der Waals surface area contributed by atoms with Crippen molar-refractivity contribution in [3.63, 3.8) is 0 Å². The predicted molar refractivity (Wildman–Crippen MR) is 136 cm³/mol. The summed E-state index contributed by atoms with van der Waals surface area (Å²) in [6.07, 6.45) is 5.67. The SMILES string of the molecule is Cc1nc2ccc(C3=CCC4C3(C)CCC3(F)C=C5C(O)C(O)C(N(C)C)CC56CCC43O6)cc2[nH]1. The topological polar surface area (TPSA) is 81.6 Å². The van der Waals surface area contributed by atoms with Crippen LogP contribution in [0.25, 0.3) is 16.6 Å². The molecule has 2 aromatic rings. The maximum absolute atomic E-state index is 17.1. The lowest BCUT2D eigenvalue weighted by Crippen LogP contribution is -2.68. The third-order valence-corrected chi connectivity index (χ3v) is 10.6. The Morgan fingerprint density at radius 2 is 1.97 bits per heavy atom. The fraction of sp³-hybridized carbons (Fsp3) is 0.621. The average molecular weight is 494 g/mol. The van der Waals surface area contributed by atoms with Gasteiger partial charge in [0.15, 0.2) is 5.67 Å². The van der Waals surface area contributed by atoms with Crippen LogP contribution in [0.15, 0.2) is 35.9 Å². The van der Waals surface area contributed by atoms with Gasteiger partial charge in [-0.25, -0.2) is 9.37 Å². The van der Waals surface area contributed by atoms with Crippen LogP contribution in [-0.4, -0.2) is 74.3 Å². The van der Waals surface area contributed by atoms with Crippen molar-refractivity contribution in [1.82, 2.24) is 14.9 Å². The second-order valence-corrected chi connectivity index (χ2v) is 12.5. The summed E-state index contributed by atoms with van der Waals surface area (Å²) >= 11 is 0. The van der Waals surface area contributed by atoms with Gasteiger partial charge in [-0.1, -0.05) is 19.1 Å². The predicted octanol–water partition coefficient (Wildman–Crippen LogP) is 4.07. The van der Waals surface area contributed by atoms with Gasteiger partial charge < -0.3 is 24.8 Å². The average Bonchev–Trinajstić information content (AvgIpc) is 3.49. The van der Waals surface area contributed by atoms with E-state index in [0.717, 1.165) is 23.3 Å². The molecule has 8 atom stereocenters. The highest BCUT2D eigenvalue weighted by atomic mass is 19.1. The Morgan fingerprint density at radius 1 is 1.17 bits per heavy atom. The molecular formula is C29H36FN3O3. The van der Waals surface area contributed by atoms with Crippen LogP contribution in [-0.2, 0) is 4.74 Å². The van der Waals surface area contributed by atoms with Crippen LogP contribution >= 0.6 is 0 Å². The summed E-state index contributed by atoms with van der Waals surface area (Å²) in [4.78, 5) is 9.86. The summed E-state index contributed by atoms with van der Waals surface area (Å²) in [6, 6.07) is 6.16. The van der Waals surface area contributed by atoms with E-state index in [1.165, 1.54) is 11.1 Å². The summed E-state index contributed by atoms with van der Waals surface area (Å²) in [7, 11) is 3.84. The molecule has 3 heterocycles. The number of halogens is 1. The maximum Gasteiger partial charge on any atom is 0.158 e. The van der Waals surface area contributed by atoms with E-state index in [0.29, 0.717) is 37.7 Å². The van der Waals surface area contributed by atoms with Crippen LogP contribution < -0.4 is 0 Å². The zero-order valence-corrected chi connectivity index (χ0v) is 21.5. The normalized spacial score (nSPS) is 45.3. The van der Waals surface area contributed by atoms with Crippen LogP contribution in [0.5, 0.6) is 0 Å². The quantitative estimate of drug-likeness (QED) is 0.550. The van der Waals surface area contributed by atoms with Gasteiger partial charge in [0.1, 0.15) is 17.5 Å². The fourth-order valence-corrected chi connectivity index (χ4v) is 8.74. The van der Waals surface area contributed by atoms with Crippen molar-refractivity contribution in [2.45, 2.75) is 87.5 Å². The summed E-state index contributed by atoms with van der Waals surface area (Å²) in [6.45, 7) is 4.26. The molecule has 1 aromatic carbocycles. The molecule has 192 valence electrons. The van der Waals surface area contributed by atoms with Crippen LogP contribution in [0.2, 0.25) is 0 Å². The number of allylic oxidation sites excluding steroid dienone is 2. The van der Waals surface area contributed by atoms with Gasteiger partial charge in [-0.2, -0.15) is 0 Å². The summed E-state index contributed by atoms with van der Waals surface area (Å²) in [5.74, 6) is 0.910. The molecule has 36 heavy (non-hydrogen) atoms. The van der Waals surface area contributed by atoms with E-state index in [2.05, 4.69) is 41.2 Å². The minimum Gasteiger partial charge on any atom is -0.388 e. The van der Waals surface area contributed by atoms with Gasteiger partial charge in [0.2, 0.25) is 0 Å². The summed E-state index contributed by atoms with van der Waals surface area (Å²) < 4.78 is 24.2. The molecule has 0 amide bonds. The molecule has 1 saturated heterocycles. The summed E-state index contributed by atoms with van der Waals surface area (Å²) in [5.41, 5.74) is 1.52. The zero-order chi connectivity index (χ0) is 25.3. The van der Waals surface area contributed by atoms with Gasteiger partial charge in [0.25, 0.3) is 0 Å². The highest BCUT2D eigenvalue weighted by molar-refractivity contribution is 5.83. The van der Waals surface area contributed by atoms with E-state index in [4.69, 9.17) is 4.74 Å². The Bertz CT molecular complexity index is 1330. The molecule has 5 aliphatic rings. The van der Waals surface area contributed by atoms with Crippen molar-refractivity contribution in [2.75, 3.05) is 14.1 Å². The van der Waals surface area contributed by atoms with Crippen molar-refractivity contribution in [1.29, 1.82) is 0 Å². The van der Waals surface area contributed by atoms with Gasteiger partial charge in [-0.3, -0.25) is 0 Å². The number of aryl methyl sites for hydroxylation is 1. The standard InChI is InChI=1S/C29H36FN3O3/c1-16-31-20-7-5-17(13-21(20)32-16)18-6-8-23-26(18,2)9-11-28(30)14-19-24(34)25(35)22(33(3)4)15-27(19)10-12-29(23,28)36-27/h5-7,13-14,22-25,34-35H,8-12,15H2,1-4H3,(H,31,32). The molecular weight excluding hydrogens is 457 g/mol. The lowest BCUT2D eigenvalue weighted by molar-refractivity contribution is -0.239. The number of benzene rings is 1. The molecule has 1 aromatic heterocycles. The number of hydrogen-bond acceptors (Lipinski definition) is 5. The highest BCUT2D eigenvalue weighted by Crippen LogP contribution is 2.71. The van der Waals surface area contributed by atoms with E-state index in [1.54, 1.807) is 6.08 Å². The molecule has 2 spiro atoms. The first kappa shape index (κ1) is 23.1. The lowest BCUT2D eigenvalue weighted by atomic mass is 9.53. The molecule has 3 fully saturated rings. The van der Waals surface area contributed by atoms with E-state index in [-0.39, 0.29) is 17.4 Å². The Hall–Kier alpha value is -2.06. The second kappa shape index (κ2) is 7.07. The third kappa shape index (κ3) is 2.67. The largest absolute Gasteiger partial charge is 0.388 e. The summed E-state index contributed by atoms with van der Waals surface area (Å²) in [5, 5.41) is 22.0. The number of imidazole rings is 1. The number of rotatable bonds is 2. The number of aliphatic hydroxyl groups is 2. The number of ether oxygens (including phenoxy) is 1. The van der Waals surface area contributed by atoms with Crippen molar-refractivity contribution >= 4 is 16.6 Å². The van der Waals surface area contributed by atoms with Gasteiger partial charge in [0.05, 0.1) is 22.7 Å². The highest BCUT2D eigenvalue weighted by Gasteiger charge is 2.74. The van der Waals surface area contributed by atoms with Gasteiger partial charge in [-0.15, -0.1) is 0 Å². The Labute approximate surface area is 211 Å². The minimum atomic E-state index is -1.65. The monoisotopic (exact) mass is 493 g/mol. The van der Waals surface area contributed by atoms with Crippen LogP contribution in [0.1, 0.15) is 56.8 Å². The molecule has 7 rings (SSSR count). The van der Waals surface area contributed by atoms with Gasteiger partial charge in [0, 0.05) is 12.0 Å². The van der Waals surface area contributed by atoms with Crippen molar-refractivity contribution in [3.05, 3.63) is 47.3 Å². The zero-order valence-electron chi connectivity index (χ0n) is 21.5. The van der Waals surface area contributed by atoms with E-state index >= 15 is 4.39 Å². The van der Waals surface area contributed by atoms with Crippen LogP contribution in [0.4, 0.5) is 4.39 Å². The Morgan fingerprint density at radius 3 is 2.75 bits per heavy atom. The second-order valence-electron chi connectivity index (χ2n) is 12.5. The van der Waals surface area contributed by atoms with Crippen molar-refractivity contribution in [3.8, 4) is 0 Å². The number of aliphatic hydroxyl groups excluding tert-OH is 2. The number of likely N-dealkylation sites (N-methyl/N-ethyl adjacent to an activating group) is 1. The fourth-order valence-electron chi connectivity index (χ4n) is 8.74. The number of aromatic nitrogens is 2. The first-order valence-corrected chi connectivity index (χ1v) is 13.3. The Kier molecular flexibility index (Phi) is 4.53. The van der Waals surface area contributed by atoms with E-state index in [1.807, 2.05) is 25.9 Å². The molecule has 3 aliphatic carbocycles. The number of aromatic amines is 1. The van der Waals surface area contributed by atoms with Crippen molar-refractivity contribution < 1.29 is 19.3 Å². The molecule has 7 heteroatoms. The molecule has 0 radical (unpaired) electrons. The molecule has 6 nitrogen and oxygen atoms in total. The molecule has 3 N–H and O–H groups in total. The first-order valence-electron chi connectivity index (χ1n) is 13.3. The van der Waals surface area contributed by atoms with Gasteiger partial charge in [-0.05, 0) is 99.9 Å². The first-order chi connectivity index (χ1) is 17.0. The number of fused-ring (bicyclic) bond motifs is 2. The van der Waals surface area contributed by atoms with E-state index < -0.39 is 29.1 Å². The number of H-pyrrole nitrogens is 1. The molecule has 2 bridgehead atoms. The minimum absolute atomic E-state index is 0.0110. The smallest absolute Gasteiger partial charge is 0.158 e. The molecule has 8 unspecified atom stereocenters.